The molecule has 1 N–H and O–H groups in total. The number of benzene rings is 2. The normalized spacial score (nSPS) is 16.0. The van der Waals surface area contributed by atoms with Crippen LogP contribution in [0.3, 0.4) is 0 Å². The van der Waals surface area contributed by atoms with Crippen molar-refractivity contribution in [3.05, 3.63) is 70.5 Å². The van der Waals surface area contributed by atoms with E-state index < -0.39 is 0 Å². The summed E-state index contributed by atoms with van der Waals surface area (Å²) < 4.78 is 5.91. The van der Waals surface area contributed by atoms with Crippen molar-refractivity contribution >= 4 is 16.9 Å². The van der Waals surface area contributed by atoms with Gasteiger partial charge in [0, 0.05) is 17.5 Å². The van der Waals surface area contributed by atoms with Crippen LogP contribution in [0.5, 0.6) is 0 Å². The van der Waals surface area contributed by atoms with Crippen LogP contribution < -0.4 is 5.32 Å². The van der Waals surface area contributed by atoms with E-state index in [-0.39, 0.29) is 17.4 Å². The molecule has 164 valence electrons. The first-order valence-electron chi connectivity index (χ1n) is 11.4. The van der Waals surface area contributed by atoms with Crippen LogP contribution in [0.25, 0.3) is 11.0 Å². The lowest BCUT2D eigenvalue weighted by Crippen LogP contribution is -2.37. The fraction of sp³-hybridized carbons (Fsp3) is 0.444. The van der Waals surface area contributed by atoms with Crippen LogP contribution in [0.2, 0.25) is 0 Å². The molecule has 1 aromatic heterocycles. The summed E-state index contributed by atoms with van der Waals surface area (Å²) in [4.78, 5) is 15.5. The van der Waals surface area contributed by atoms with Crippen LogP contribution in [0.1, 0.15) is 72.5 Å². The van der Waals surface area contributed by atoms with Gasteiger partial charge in [-0.1, -0.05) is 56.7 Å². The van der Waals surface area contributed by atoms with Gasteiger partial charge in [-0.25, -0.2) is 0 Å². The van der Waals surface area contributed by atoms with E-state index in [1.807, 2.05) is 19.1 Å². The van der Waals surface area contributed by atoms with E-state index in [1.54, 1.807) is 0 Å². The molecule has 4 heteroatoms. The molecule has 1 amide bonds. The van der Waals surface area contributed by atoms with Crippen LogP contribution >= 0.6 is 0 Å². The van der Waals surface area contributed by atoms with Gasteiger partial charge < -0.3 is 9.73 Å². The third-order valence-electron chi connectivity index (χ3n) is 6.50. The molecular formula is C27H34N2O2. The smallest absolute Gasteiger partial charge is 0.287 e. The summed E-state index contributed by atoms with van der Waals surface area (Å²) in [5, 5.41) is 4.17. The van der Waals surface area contributed by atoms with E-state index in [0.717, 1.165) is 35.2 Å². The quantitative estimate of drug-likeness (QED) is 0.560. The third kappa shape index (κ3) is 4.54. The van der Waals surface area contributed by atoms with E-state index in [0.29, 0.717) is 12.3 Å². The van der Waals surface area contributed by atoms with Gasteiger partial charge in [0.05, 0.1) is 6.04 Å². The van der Waals surface area contributed by atoms with Crippen molar-refractivity contribution in [2.45, 2.75) is 58.9 Å². The molecule has 0 radical (unpaired) electrons. The summed E-state index contributed by atoms with van der Waals surface area (Å²) in [6.45, 7) is 13.4. The molecule has 2 aromatic carbocycles. The Labute approximate surface area is 185 Å². The molecule has 1 fully saturated rings. The lowest BCUT2D eigenvalue weighted by molar-refractivity contribution is 0.0911. The highest BCUT2D eigenvalue weighted by atomic mass is 16.3. The highest BCUT2D eigenvalue weighted by Gasteiger charge is 2.26. The molecule has 0 saturated carbocycles. The van der Waals surface area contributed by atoms with Crippen molar-refractivity contribution in [2.75, 3.05) is 19.6 Å². The van der Waals surface area contributed by atoms with Crippen molar-refractivity contribution in [1.82, 2.24) is 10.2 Å². The predicted octanol–water partition coefficient (Wildman–Crippen LogP) is 5.91. The molecule has 1 aliphatic heterocycles. The molecule has 4 nitrogen and oxygen atoms in total. The standard InChI is InChI=1S/C27H34N2O2/c1-18-8-13-24-22(16-18)19(2)25(31-24)26(30)28-17-23(29-14-6-7-15-29)20-9-11-21(12-10-20)27(3,4)5/h8-13,16,23H,6-7,14-15,17H2,1-5H3,(H,28,30)/t23-/m0/s1. The van der Waals surface area contributed by atoms with Crippen LogP contribution in [-0.2, 0) is 5.41 Å². The first-order valence-corrected chi connectivity index (χ1v) is 11.4. The number of carbonyl (C=O) groups is 1. The molecular weight excluding hydrogens is 384 g/mol. The summed E-state index contributed by atoms with van der Waals surface area (Å²) in [6.07, 6.45) is 2.43. The van der Waals surface area contributed by atoms with Gasteiger partial charge in [0.15, 0.2) is 5.76 Å². The minimum Gasteiger partial charge on any atom is -0.451 e. The lowest BCUT2D eigenvalue weighted by Gasteiger charge is -2.29. The maximum Gasteiger partial charge on any atom is 0.287 e. The summed E-state index contributed by atoms with van der Waals surface area (Å²) >= 11 is 0. The number of rotatable bonds is 5. The lowest BCUT2D eigenvalue weighted by atomic mass is 9.86. The SMILES string of the molecule is Cc1ccc2oc(C(=O)NC[C@@H](c3ccc(C(C)(C)C)cc3)N3CCCC3)c(C)c2c1. The average Bonchev–Trinajstić information content (AvgIpc) is 3.37. The predicted molar refractivity (Wildman–Crippen MR) is 127 cm³/mol. The van der Waals surface area contributed by atoms with Gasteiger partial charge in [0.1, 0.15) is 5.58 Å². The number of furan rings is 1. The molecule has 1 saturated heterocycles. The molecule has 4 rings (SSSR count). The van der Waals surface area contributed by atoms with Gasteiger partial charge in [-0.05, 0) is 68.5 Å². The number of nitrogens with one attached hydrogen (secondary N) is 1. The molecule has 1 atom stereocenters. The summed E-state index contributed by atoms with van der Waals surface area (Å²) in [7, 11) is 0. The van der Waals surface area contributed by atoms with Gasteiger partial charge in [-0.3, -0.25) is 9.69 Å². The van der Waals surface area contributed by atoms with Gasteiger partial charge >= 0.3 is 0 Å². The van der Waals surface area contributed by atoms with Crippen molar-refractivity contribution in [2.24, 2.45) is 0 Å². The van der Waals surface area contributed by atoms with Gasteiger partial charge in [0.25, 0.3) is 5.91 Å². The van der Waals surface area contributed by atoms with Crippen LogP contribution in [-0.4, -0.2) is 30.4 Å². The molecule has 2 heterocycles. The number of aryl methyl sites for hydroxylation is 2. The topological polar surface area (TPSA) is 45.5 Å². The molecule has 0 spiro atoms. The molecule has 3 aromatic rings. The van der Waals surface area contributed by atoms with E-state index in [2.05, 4.69) is 68.2 Å². The van der Waals surface area contributed by atoms with E-state index >= 15 is 0 Å². The first-order chi connectivity index (χ1) is 14.7. The zero-order valence-electron chi connectivity index (χ0n) is 19.4. The summed E-state index contributed by atoms with van der Waals surface area (Å²) in [5.74, 6) is 0.283. The number of hydrogen-bond acceptors (Lipinski definition) is 3. The number of likely N-dealkylation sites (tertiary alicyclic amines) is 1. The Morgan fingerprint density at radius 3 is 2.39 bits per heavy atom. The van der Waals surface area contributed by atoms with Gasteiger partial charge in [0.2, 0.25) is 0 Å². The summed E-state index contributed by atoms with van der Waals surface area (Å²) in [6, 6.07) is 15.1. The Balaban J connectivity index is 1.54. The molecule has 1 aliphatic rings. The Hall–Kier alpha value is -2.59. The summed E-state index contributed by atoms with van der Waals surface area (Å²) in [5.41, 5.74) is 5.55. The second-order valence-electron chi connectivity index (χ2n) is 9.90. The zero-order chi connectivity index (χ0) is 22.2. The van der Waals surface area contributed by atoms with Crippen LogP contribution in [0.15, 0.2) is 46.9 Å². The van der Waals surface area contributed by atoms with Crippen LogP contribution in [0, 0.1) is 13.8 Å². The second-order valence-corrected chi connectivity index (χ2v) is 9.90. The monoisotopic (exact) mass is 418 g/mol. The fourth-order valence-electron chi connectivity index (χ4n) is 4.54. The minimum atomic E-state index is -0.137. The Morgan fingerprint density at radius 2 is 1.74 bits per heavy atom. The Kier molecular flexibility index (Phi) is 5.94. The minimum absolute atomic E-state index is 0.132. The zero-order valence-corrected chi connectivity index (χ0v) is 19.4. The second kappa shape index (κ2) is 8.51. The largest absolute Gasteiger partial charge is 0.451 e. The third-order valence-corrected chi connectivity index (χ3v) is 6.50. The molecule has 0 aliphatic carbocycles. The van der Waals surface area contributed by atoms with Gasteiger partial charge in [-0.15, -0.1) is 0 Å². The Morgan fingerprint density at radius 1 is 1.06 bits per heavy atom. The van der Waals surface area contributed by atoms with Gasteiger partial charge in [-0.2, -0.15) is 0 Å². The number of fused-ring (bicyclic) bond motifs is 1. The molecule has 0 unspecified atom stereocenters. The molecule has 31 heavy (non-hydrogen) atoms. The van der Waals surface area contributed by atoms with E-state index in [1.165, 1.54) is 24.0 Å². The number of amides is 1. The molecule has 0 bridgehead atoms. The van der Waals surface area contributed by atoms with E-state index in [4.69, 9.17) is 4.42 Å². The van der Waals surface area contributed by atoms with Crippen molar-refractivity contribution in [3.63, 3.8) is 0 Å². The highest BCUT2D eigenvalue weighted by molar-refractivity contribution is 5.99. The highest BCUT2D eigenvalue weighted by Crippen LogP contribution is 2.29. The van der Waals surface area contributed by atoms with Crippen LogP contribution in [0.4, 0.5) is 0 Å². The maximum atomic E-state index is 13.0. The van der Waals surface area contributed by atoms with Crippen molar-refractivity contribution in [3.8, 4) is 0 Å². The van der Waals surface area contributed by atoms with Crippen molar-refractivity contribution < 1.29 is 9.21 Å². The van der Waals surface area contributed by atoms with Crippen molar-refractivity contribution in [1.29, 1.82) is 0 Å². The maximum absolute atomic E-state index is 13.0. The fourth-order valence-corrected chi connectivity index (χ4v) is 4.54. The number of nitrogens with zero attached hydrogens (tertiary/aromatic N) is 1. The average molecular weight is 419 g/mol. The Bertz CT molecular complexity index is 1070. The number of carbonyl (C=O) groups excluding carboxylic acids is 1. The van der Waals surface area contributed by atoms with E-state index in [9.17, 15) is 4.79 Å². The first kappa shape index (κ1) is 21.6. The number of hydrogen-bond donors (Lipinski definition) is 1.